The van der Waals surface area contributed by atoms with Crippen LogP contribution in [-0.2, 0) is 18.3 Å². The van der Waals surface area contributed by atoms with E-state index in [0.29, 0.717) is 25.3 Å². The van der Waals surface area contributed by atoms with E-state index in [-0.39, 0.29) is 5.78 Å². The van der Waals surface area contributed by atoms with E-state index in [1.807, 2.05) is 0 Å². The first-order chi connectivity index (χ1) is 8.15. The van der Waals surface area contributed by atoms with Crippen molar-refractivity contribution in [3.63, 3.8) is 0 Å². The minimum absolute atomic E-state index is 0.237. The molecule has 1 rings (SSSR count). The van der Waals surface area contributed by atoms with Crippen LogP contribution in [-0.4, -0.2) is 27.3 Å². The molecular weight excluding hydrogens is 216 g/mol. The second kappa shape index (κ2) is 7.17. The van der Waals surface area contributed by atoms with Crippen molar-refractivity contribution in [3.05, 3.63) is 11.9 Å². The summed E-state index contributed by atoms with van der Waals surface area (Å²) in [6.07, 6.45) is 5.84. The highest BCUT2D eigenvalue weighted by atomic mass is 16.1. The smallest absolute Gasteiger partial charge is 0.138 e. The third kappa shape index (κ3) is 5.08. The number of nitrogens with two attached hydrogens (primary N) is 1. The van der Waals surface area contributed by atoms with Gasteiger partial charge in [-0.2, -0.15) is 0 Å². The Morgan fingerprint density at radius 2 is 2.29 bits per heavy atom. The van der Waals surface area contributed by atoms with Gasteiger partial charge in [-0.05, 0) is 25.3 Å². The minimum Gasteiger partial charge on any atom is -0.330 e. The van der Waals surface area contributed by atoms with E-state index in [4.69, 9.17) is 5.73 Å². The fraction of sp³-hybridized carbons (Fsp3) is 0.750. The first kappa shape index (κ1) is 13.8. The van der Waals surface area contributed by atoms with E-state index in [9.17, 15) is 4.79 Å². The van der Waals surface area contributed by atoms with Gasteiger partial charge in [0.1, 0.15) is 5.78 Å². The lowest BCUT2D eigenvalue weighted by atomic mass is 9.95. The molecule has 0 aliphatic heterocycles. The molecule has 1 aromatic rings. The van der Waals surface area contributed by atoms with Crippen LogP contribution >= 0.6 is 0 Å². The Balaban J connectivity index is 2.29. The maximum Gasteiger partial charge on any atom is 0.138 e. The molecule has 0 radical (unpaired) electrons. The quantitative estimate of drug-likeness (QED) is 0.735. The molecule has 0 saturated carbocycles. The van der Waals surface area contributed by atoms with Gasteiger partial charge < -0.3 is 5.73 Å². The minimum atomic E-state index is 0.237. The van der Waals surface area contributed by atoms with Crippen LogP contribution in [0.3, 0.4) is 0 Å². The molecule has 0 aromatic carbocycles. The van der Waals surface area contributed by atoms with Gasteiger partial charge in [-0.3, -0.25) is 9.48 Å². The summed E-state index contributed by atoms with van der Waals surface area (Å²) in [5, 5.41) is 7.72. The Hall–Kier alpha value is -1.23. The zero-order valence-electron chi connectivity index (χ0n) is 10.7. The Labute approximate surface area is 102 Å². The number of nitrogens with zero attached hydrogens (tertiary/aromatic N) is 3. The maximum atomic E-state index is 11.7. The predicted octanol–water partition coefficient (Wildman–Crippen LogP) is 1.08. The van der Waals surface area contributed by atoms with Crippen LogP contribution in [0.25, 0.3) is 0 Å². The monoisotopic (exact) mass is 238 g/mol. The third-order valence-electron chi connectivity index (χ3n) is 3.01. The number of ketones is 1. The van der Waals surface area contributed by atoms with Crippen molar-refractivity contribution in [2.45, 2.75) is 39.0 Å². The van der Waals surface area contributed by atoms with Gasteiger partial charge in [-0.25, -0.2) is 0 Å². The summed E-state index contributed by atoms with van der Waals surface area (Å²) in [7, 11) is 1.80. The van der Waals surface area contributed by atoms with E-state index in [1.54, 1.807) is 17.9 Å². The van der Waals surface area contributed by atoms with Crippen molar-refractivity contribution in [1.29, 1.82) is 0 Å². The van der Waals surface area contributed by atoms with Gasteiger partial charge in [-0.1, -0.05) is 18.6 Å². The van der Waals surface area contributed by atoms with Crippen molar-refractivity contribution < 1.29 is 4.79 Å². The zero-order chi connectivity index (χ0) is 12.7. The highest BCUT2D eigenvalue weighted by Crippen LogP contribution is 2.15. The number of aromatic nitrogens is 3. The number of carbonyl (C=O) groups is 1. The van der Waals surface area contributed by atoms with Crippen molar-refractivity contribution in [2.75, 3.05) is 6.54 Å². The fourth-order valence-corrected chi connectivity index (χ4v) is 1.92. The average molecular weight is 238 g/mol. The predicted molar refractivity (Wildman–Crippen MR) is 66.4 cm³/mol. The lowest BCUT2D eigenvalue weighted by Gasteiger charge is -2.12. The third-order valence-corrected chi connectivity index (χ3v) is 3.01. The second-order valence-corrected chi connectivity index (χ2v) is 4.49. The number of Topliss-reactive ketones (excluding diaryl/α,β-unsaturated/α-hetero) is 1. The van der Waals surface area contributed by atoms with Crippen LogP contribution in [0.15, 0.2) is 6.20 Å². The van der Waals surface area contributed by atoms with E-state index >= 15 is 0 Å². The van der Waals surface area contributed by atoms with Crippen LogP contribution in [0.1, 0.15) is 38.3 Å². The summed E-state index contributed by atoms with van der Waals surface area (Å²) >= 11 is 0. The molecule has 0 aliphatic rings. The van der Waals surface area contributed by atoms with Crippen molar-refractivity contribution in [2.24, 2.45) is 18.7 Å². The molecule has 5 nitrogen and oxygen atoms in total. The SMILES string of the molecule is CCC(CCN)CCC(=O)Cc1cn(C)nn1. The van der Waals surface area contributed by atoms with Gasteiger partial charge in [0.05, 0.1) is 12.1 Å². The fourth-order valence-electron chi connectivity index (χ4n) is 1.92. The van der Waals surface area contributed by atoms with Crippen molar-refractivity contribution >= 4 is 5.78 Å². The molecule has 2 N–H and O–H groups in total. The molecule has 0 spiro atoms. The van der Waals surface area contributed by atoms with Crippen LogP contribution in [0.5, 0.6) is 0 Å². The standard InChI is InChI=1S/C12H22N4O/c1-3-10(6-7-13)4-5-12(17)8-11-9-16(2)15-14-11/h9-10H,3-8,13H2,1-2H3. The van der Waals surface area contributed by atoms with Crippen molar-refractivity contribution in [1.82, 2.24) is 15.0 Å². The molecule has 1 heterocycles. The summed E-state index contributed by atoms with van der Waals surface area (Å²) in [6.45, 7) is 2.85. The number of hydrogen-bond acceptors (Lipinski definition) is 4. The molecule has 17 heavy (non-hydrogen) atoms. The molecule has 1 aromatic heterocycles. The summed E-state index contributed by atoms with van der Waals surface area (Å²) < 4.78 is 1.62. The van der Waals surface area contributed by atoms with E-state index in [2.05, 4.69) is 17.2 Å². The van der Waals surface area contributed by atoms with E-state index in [1.165, 1.54) is 0 Å². The van der Waals surface area contributed by atoms with Gasteiger partial charge in [0.2, 0.25) is 0 Å². The van der Waals surface area contributed by atoms with E-state index < -0.39 is 0 Å². The van der Waals surface area contributed by atoms with Crippen LogP contribution in [0.2, 0.25) is 0 Å². The molecule has 0 aliphatic carbocycles. The van der Waals surface area contributed by atoms with Gasteiger partial charge in [0.15, 0.2) is 0 Å². The van der Waals surface area contributed by atoms with Gasteiger partial charge in [-0.15, -0.1) is 5.10 Å². The Morgan fingerprint density at radius 1 is 1.53 bits per heavy atom. The van der Waals surface area contributed by atoms with Gasteiger partial charge >= 0.3 is 0 Å². The highest BCUT2D eigenvalue weighted by Gasteiger charge is 2.11. The largest absolute Gasteiger partial charge is 0.330 e. The second-order valence-electron chi connectivity index (χ2n) is 4.49. The number of rotatable bonds is 8. The zero-order valence-corrected chi connectivity index (χ0v) is 10.7. The van der Waals surface area contributed by atoms with E-state index in [0.717, 1.165) is 25.0 Å². The molecule has 0 amide bonds. The molecule has 0 bridgehead atoms. The molecule has 5 heteroatoms. The molecule has 1 atom stereocenters. The Kier molecular flexibility index (Phi) is 5.83. The van der Waals surface area contributed by atoms with Crippen molar-refractivity contribution in [3.8, 4) is 0 Å². The first-order valence-electron chi connectivity index (χ1n) is 6.22. The maximum absolute atomic E-state index is 11.7. The molecular formula is C12H22N4O. The summed E-state index contributed by atoms with van der Waals surface area (Å²) in [4.78, 5) is 11.7. The van der Waals surface area contributed by atoms with Gasteiger partial charge in [0.25, 0.3) is 0 Å². The van der Waals surface area contributed by atoms with Crippen LogP contribution < -0.4 is 5.73 Å². The Morgan fingerprint density at radius 3 is 2.82 bits per heavy atom. The highest BCUT2D eigenvalue weighted by molar-refractivity contribution is 5.80. The Bertz CT molecular complexity index is 348. The summed E-state index contributed by atoms with van der Waals surface area (Å²) in [5.41, 5.74) is 6.29. The van der Waals surface area contributed by atoms with Gasteiger partial charge in [0, 0.05) is 19.7 Å². The topological polar surface area (TPSA) is 73.8 Å². The normalized spacial score (nSPS) is 12.6. The molecule has 1 unspecified atom stereocenters. The lowest BCUT2D eigenvalue weighted by Crippen LogP contribution is -2.11. The number of carbonyl (C=O) groups excluding carboxylic acids is 1. The number of aryl methyl sites for hydroxylation is 1. The molecule has 0 fully saturated rings. The molecule has 0 saturated heterocycles. The van der Waals surface area contributed by atoms with Crippen LogP contribution in [0, 0.1) is 5.92 Å². The van der Waals surface area contributed by atoms with Crippen LogP contribution in [0.4, 0.5) is 0 Å². The summed E-state index contributed by atoms with van der Waals surface area (Å²) in [5.74, 6) is 0.812. The average Bonchev–Trinajstić information content (AvgIpc) is 2.70. The first-order valence-corrected chi connectivity index (χ1v) is 6.22. The summed E-state index contributed by atoms with van der Waals surface area (Å²) in [6, 6.07) is 0. The lowest BCUT2D eigenvalue weighted by molar-refractivity contribution is -0.118. The number of hydrogen-bond donors (Lipinski definition) is 1. The molecule has 96 valence electrons.